The second-order valence-electron chi connectivity index (χ2n) is 6.63. The molecule has 0 aromatic heterocycles. The number of carbonyl (C=O) groups excluding carboxylic acids is 2. The van der Waals surface area contributed by atoms with Gasteiger partial charge in [0, 0.05) is 11.1 Å². The number of aldehydes is 2. The Bertz CT molecular complexity index is 606. The second-order valence-corrected chi connectivity index (χ2v) is 6.63. The van der Waals surface area contributed by atoms with Crippen LogP contribution >= 0.6 is 0 Å². The summed E-state index contributed by atoms with van der Waals surface area (Å²) >= 11 is 0. The van der Waals surface area contributed by atoms with E-state index in [0.717, 1.165) is 0 Å². The van der Waals surface area contributed by atoms with Crippen molar-refractivity contribution in [1.82, 2.24) is 0 Å². The van der Waals surface area contributed by atoms with E-state index in [1.54, 1.807) is 18.2 Å². The summed E-state index contributed by atoms with van der Waals surface area (Å²) in [6, 6.07) is 4.78. The van der Waals surface area contributed by atoms with E-state index in [0.29, 0.717) is 34.7 Å². The number of hydrogen-bond donors (Lipinski definition) is 1. The molecule has 6 heteroatoms. The first kappa shape index (κ1) is 17.6. The maximum absolute atomic E-state index is 11.0. The number of benzene rings is 1. The van der Waals surface area contributed by atoms with Crippen LogP contribution < -0.4 is 0 Å². The summed E-state index contributed by atoms with van der Waals surface area (Å²) in [7, 11) is -0.676. The summed E-state index contributed by atoms with van der Waals surface area (Å²) in [5.74, 6) is 0. The first-order chi connectivity index (χ1) is 10.7. The number of hydrogen-bond acceptors (Lipinski definition) is 5. The van der Waals surface area contributed by atoms with Gasteiger partial charge in [-0.05, 0) is 56.9 Å². The Morgan fingerprint density at radius 2 is 1.43 bits per heavy atom. The molecule has 1 aliphatic heterocycles. The van der Waals surface area contributed by atoms with Gasteiger partial charge < -0.3 is 14.4 Å². The van der Waals surface area contributed by atoms with Crippen LogP contribution in [0.5, 0.6) is 0 Å². The summed E-state index contributed by atoms with van der Waals surface area (Å²) in [5.41, 5.74) is 0.938. The second kappa shape index (κ2) is 6.39. The van der Waals surface area contributed by atoms with Crippen molar-refractivity contribution in [1.29, 1.82) is 0 Å². The molecule has 1 heterocycles. The van der Waals surface area contributed by atoms with Gasteiger partial charge in [-0.2, -0.15) is 0 Å². The van der Waals surface area contributed by atoms with E-state index in [2.05, 4.69) is 0 Å². The van der Waals surface area contributed by atoms with Crippen LogP contribution in [0.3, 0.4) is 0 Å². The van der Waals surface area contributed by atoms with Crippen molar-refractivity contribution in [3.05, 3.63) is 40.4 Å². The molecular formula is C17H21BO5. The largest absolute Gasteiger partial charge is 0.492 e. The fraction of sp³-hybridized carbons (Fsp3) is 0.412. The lowest BCUT2D eigenvalue weighted by Crippen LogP contribution is -2.41. The van der Waals surface area contributed by atoms with Crippen LogP contribution in [0.4, 0.5) is 0 Å². The monoisotopic (exact) mass is 316 g/mol. The molecule has 5 nitrogen and oxygen atoms in total. The zero-order valence-corrected chi connectivity index (χ0v) is 13.8. The van der Waals surface area contributed by atoms with Gasteiger partial charge in [0.1, 0.15) is 12.6 Å². The van der Waals surface area contributed by atoms with Crippen molar-refractivity contribution < 1.29 is 24.0 Å². The Morgan fingerprint density at radius 3 is 1.83 bits per heavy atom. The van der Waals surface area contributed by atoms with E-state index in [4.69, 9.17) is 9.31 Å². The van der Waals surface area contributed by atoms with Gasteiger partial charge in [0.15, 0.2) is 0 Å². The molecular weight excluding hydrogens is 295 g/mol. The fourth-order valence-electron chi connectivity index (χ4n) is 2.32. The van der Waals surface area contributed by atoms with Crippen LogP contribution in [0, 0.1) is 0 Å². The van der Waals surface area contributed by atoms with Crippen molar-refractivity contribution in [2.45, 2.75) is 38.9 Å². The summed E-state index contributed by atoms with van der Waals surface area (Å²) in [5, 5.41) is 9.67. The number of carbonyl (C=O) groups is 2. The first-order valence-electron chi connectivity index (χ1n) is 7.45. The van der Waals surface area contributed by atoms with Crippen LogP contribution in [0.25, 0.3) is 6.08 Å². The van der Waals surface area contributed by atoms with Crippen molar-refractivity contribution in [3.8, 4) is 0 Å². The third-order valence-corrected chi connectivity index (χ3v) is 4.36. The molecule has 0 bridgehead atoms. The van der Waals surface area contributed by atoms with Gasteiger partial charge in [-0.1, -0.05) is 6.08 Å². The highest BCUT2D eigenvalue weighted by atomic mass is 16.7. The molecule has 0 atom stereocenters. The average Bonchev–Trinajstić information content (AvgIpc) is 2.72. The molecule has 2 rings (SSSR count). The quantitative estimate of drug-likeness (QED) is 0.667. The number of aliphatic hydroxyl groups is 1. The molecule has 1 aromatic rings. The van der Waals surface area contributed by atoms with Gasteiger partial charge >= 0.3 is 7.12 Å². The number of rotatable bonds is 5. The van der Waals surface area contributed by atoms with Crippen molar-refractivity contribution >= 4 is 25.8 Å². The lowest BCUT2D eigenvalue weighted by molar-refractivity contribution is 0.00578. The standard InChI is InChI=1S/C17H21BO5/c1-16(2)17(3,4)23-18(22-16)15(11-21)8-12-5-13(9-19)7-14(6-12)10-20/h5-10,21H,11H2,1-4H3. The molecule has 1 N–H and O–H groups in total. The Morgan fingerprint density at radius 1 is 1.00 bits per heavy atom. The predicted molar refractivity (Wildman–Crippen MR) is 88.4 cm³/mol. The molecule has 0 amide bonds. The normalized spacial score (nSPS) is 19.7. The molecule has 122 valence electrons. The van der Waals surface area contributed by atoms with Crippen LogP contribution in [-0.2, 0) is 9.31 Å². The first-order valence-corrected chi connectivity index (χ1v) is 7.45. The van der Waals surface area contributed by atoms with Gasteiger partial charge in [-0.15, -0.1) is 0 Å². The smallest absolute Gasteiger partial charge is 0.400 e. The van der Waals surface area contributed by atoms with E-state index < -0.39 is 18.3 Å². The lowest BCUT2D eigenvalue weighted by Gasteiger charge is -2.32. The van der Waals surface area contributed by atoms with Gasteiger partial charge in [0.25, 0.3) is 0 Å². The minimum Gasteiger partial charge on any atom is -0.400 e. The molecule has 23 heavy (non-hydrogen) atoms. The highest BCUT2D eigenvalue weighted by molar-refractivity contribution is 6.55. The summed E-state index contributed by atoms with van der Waals surface area (Å²) in [6.45, 7) is 7.47. The van der Waals surface area contributed by atoms with Gasteiger partial charge in [0.05, 0.1) is 17.8 Å². The minimum atomic E-state index is -0.676. The molecule has 1 fully saturated rings. The average molecular weight is 316 g/mol. The Balaban J connectivity index is 2.37. The summed E-state index contributed by atoms with van der Waals surface area (Å²) < 4.78 is 11.8. The van der Waals surface area contributed by atoms with Gasteiger partial charge in [-0.25, -0.2) is 0 Å². The van der Waals surface area contributed by atoms with Crippen molar-refractivity contribution in [2.75, 3.05) is 6.61 Å². The third kappa shape index (κ3) is 3.60. The minimum absolute atomic E-state index is 0.251. The molecule has 0 saturated carbocycles. The molecule has 0 spiro atoms. The maximum Gasteiger partial charge on any atom is 0.492 e. The zero-order chi connectivity index (χ0) is 17.3. The van der Waals surface area contributed by atoms with E-state index in [-0.39, 0.29) is 6.61 Å². The fourth-order valence-corrected chi connectivity index (χ4v) is 2.32. The van der Waals surface area contributed by atoms with E-state index in [1.807, 2.05) is 27.7 Å². The Hall–Kier alpha value is -1.76. The van der Waals surface area contributed by atoms with E-state index in [1.165, 1.54) is 6.07 Å². The topological polar surface area (TPSA) is 72.8 Å². The molecule has 0 aliphatic carbocycles. The molecule has 1 saturated heterocycles. The highest BCUT2D eigenvalue weighted by Crippen LogP contribution is 2.38. The van der Waals surface area contributed by atoms with Gasteiger partial charge in [0.2, 0.25) is 0 Å². The molecule has 0 radical (unpaired) electrons. The summed E-state index contributed by atoms with van der Waals surface area (Å²) in [6.07, 6.45) is 3.04. The van der Waals surface area contributed by atoms with Crippen molar-refractivity contribution in [3.63, 3.8) is 0 Å². The SMILES string of the molecule is CC1(C)OB(C(=Cc2cc(C=O)cc(C=O)c2)CO)OC1(C)C. The van der Waals surface area contributed by atoms with Crippen LogP contribution in [0.1, 0.15) is 54.0 Å². The highest BCUT2D eigenvalue weighted by Gasteiger charge is 2.52. The van der Waals surface area contributed by atoms with Crippen LogP contribution in [0.15, 0.2) is 23.7 Å². The van der Waals surface area contributed by atoms with E-state index >= 15 is 0 Å². The third-order valence-electron chi connectivity index (χ3n) is 4.36. The van der Waals surface area contributed by atoms with Crippen LogP contribution in [0.2, 0.25) is 0 Å². The lowest BCUT2D eigenvalue weighted by atomic mass is 9.77. The van der Waals surface area contributed by atoms with E-state index in [9.17, 15) is 14.7 Å². The molecule has 1 aliphatic rings. The maximum atomic E-state index is 11.0. The Labute approximate surface area is 136 Å². The zero-order valence-electron chi connectivity index (χ0n) is 13.8. The van der Waals surface area contributed by atoms with Gasteiger partial charge in [-0.3, -0.25) is 9.59 Å². The molecule has 1 aromatic carbocycles. The molecule has 0 unspecified atom stereocenters. The predicted octanol–water partition coefficient (Wildman–Crippen LogP) is 2.32. The Kier molecular flexibility index (Phi) is 4.89. The van der Waals surface area contributed by atoms with Crippen LogP contribution in [-0.4, -0.2) is 42.6 Å². The van der Waals surface area contributed by atoms with Crippen molar-refractivity contribution in [2.24, 2.45) is 0 Å². The summed E-state index contributed by atoms with van der Waals surface area (Å²) in [4.78, 5) is 21.9. The number of aliphatic hydroxyl groups excluding tert-OH is 1.